The maximum absolute atomic E-state index is 12.7. The predicted molar refractivity (Wildman–Crippen MR) is 80.3 cm³/mol. The molecule has 0 saturated carbocycles. The molecule has 0 aliphatic carbocycles. The smallest absolute Gasteiger partial charge is 0.258 e. The molecule has 2 atom stereocenters. The Hall–Kier alpha value is -0.850. The van der Waals surface area contributed by atoms with Gasteiger partial charge in [0.2, 0.25) is 0 Å². The van der Waals surface area contributed by atoms with Crippen molar-refractivity contribution in [2.45, 2.75) is 37.9 Å². The highest BCUT2D eigenvalue weighted by atomic mass is 79.9. The van der Waals surface area contributed by atoms with Gasteiger partial charge in [0.15, 0.2) is 4.67 Å². The fraction of sp³-hybridized carbons (Fsp3) is 0.667. The number of hydrogen-bond acceptors (Lipinski definition) is 4. The number of hydrogen-bond donors (Lipinski definition) is 0. The number of carbonyl (C=O) groups excluding carboxylic acids is 1. The lowest BCUT2D eigenvalue weighted by molar-refractivity contribution is 0.0306. The molecule has 2 unspecified atom stereocenters. The molecule has 2 aliphatic heterocycles. The van der Waals surface area contributed by atoms with Crippen molar-refractivity contribution in [3.63, 3.8) is 0 Å². The molecule has 2 saturated heterocycles. The van der Waals surface area contributed by atoms with Crippen LogP contribution in [0.3, 0.4) is 0 Å². The Labute approximate surface area is 132 Å². The van der Waals surface area contributed by atoms with Crippen molar-refractivity contribution in [3.05, 3.63) is 22.6 Å². The summed E-state index contributed by atoms with van der Waals surface area (Å²) in [6, 6.07) is 1.70. The molecule has 1 amide bonds. The van der Waals surface area contributed by atoms with Gasteiger partial charge in [-0.05, 0) is 47.7 Å². The van der Waals surface area contributed by atoms with Crippen molar-refractivity contribution in [2.24, 2.45) is 0 Å². The van der Waals surface area contributed by atoms with Crippen molar-refractivity contribution in [1.29, 1.82) is 0 Å². The minimum atomic E-state index is -0.0263. The highest BCUT2D eigenvalue weighted by Gasteiger charge is 2.28. The highest BCUT2D eigenvalue weighted by molar-refractivity contribution is 9.10. The Morgan fingerprint density at radius 1 is 1.19 bits per heavy atom. The zero-order valence-corrected chi connectivity index (χ0v) is 13.5. The molecular formula is C15H20BrNO4. The van der Waals surface area contributed by atoms with Crippen LogP contribution in [-0.4, -0.2) is 49.3 Å². The quantitative estimate of drug-likeness (QED) is 0.812. The minimum Gasteiger partial charge on any atom is -0.457 e. The van der Waals surface area contributed by atoms with Crippen molar-refractivity contribution < 1.29 is 18.7 Å². The number of furan rings is 1. The van der Waals surface area contributed by atoms with E-state index in [-0.39, 0.29) is 18.1 Å². The van der Waals surface area contributed by atoms with Gasteiger partial charge in [-0.25, -0.2) is 0 Å². The van der Waals surface area contributed by atoms with E-state index in [0.29, 0.717) is 23.3 Å². The van der Waals surface area contributed by atoms with Crippen LogP contribution < -0.4 is 0 Å². The molecule has 2 fully saturated rings. The fourth-order valence-corrected chi connectivity index (χ4v) is 3.33. The van der Waals surface area contributed by atoms with E-state index < -0.39 is 0 Å². The molecular weight excluding hydrogens is 338 g/mol. The van der Waals surface area contributed by atoms with Gasteiger partial charge in [-0.3, -0.25) is 4.79 Å². The van der Waals surface area contributed by atoms with Crippen LogP contribution in [0, 0.1) is 0 Å². The molecule has 0 bridgehead atoms. The van der Waals surface area contributed by atoms with Crippen LogP contribution in [0.25, 0.3) is 0 Å². The summed E-state index contributed by atoms with van der Waals surface area (Å²) in [6.45, 7) is 2.83. The molecule has 3 heterocycles. The third-order valence-corrected chi connectivity index (χ3v) is 4.65. The summed E-state index contributed by atoms with van der Waals surface area (Å²) in [4.78, 5) is 14.6. The van der Waals surface area contributed by atoms with Crippen molar-refractivity contribution in [3.8, 4) is 0 Å². The number of nitrogens with zero attached hydrogens (tertiary/aromatic N) is 1. The van der Waals surface area contributed by atoms with E-state index in [1.807, 2.05) is 4.90 Å². The summed E-state index contributed by atoms with van der Waals surface area (Å²) in [7, 11) is 0. The molecule has 0 radical (unpaired) electrons. The number of amides is 1. The first-order valence-corrected chi connectivity index (χ1v) is 8.29. The third-order valence-electron chi connectivity index (χ3n) is 4.03. The molecule has 2 aliphatic rings. The van der Waals surface area contributed by atoms with Gasteiger partial charge in [-0.1, -0.05) is 0 Å². The first kappa shape index (κ1) is 15.1. The van der Waals surface area contributed by atoms with E-state index in [2.05, 4.69) is 15.9 Å². The normalized spacial score (nSPS) is 25.4. The Kier molecular flexibility index (Phi) is 4.98. The second-order valence-electron chi connectivity index (χ2n) is 5.59. The van der Waals surface area contributed by atoms with Gasteiger partial charge in [0.25, 0.3) is 5.91 Å². The Morgan fingerprint density at radius 2 is 1.81 bits per heavy atom. The van der Waals surface area contributed by atoms with Gasteiger partial charge in [-0.15, -0.1) is 0 Å². The third kappa shape index (κ3) is 3.67. The molecule has 116 valence electrons. The SMILES string of the molecule is O=C(c1ccoc1Br)N(CC1CCCO1)CC1CCCO1. The van der Waals surface area contributed by atoms with Crippen molar-refractivity contribution >= 4 is 21.8 Å². The summed E-state index contributed by atoms with van der Waals surface area (Å²) in [5.41, 5.74) is 0.561. The van der Waals surface area contributed by atoms with E-state index in [1.165, 1.54) is 6.26 Å². The van der Waals surface area contributed by atoms with E-state index in [1.54, 1.807) is 6.07 Å². The van der Waals surface area contributed by atoms with Gasteiger partial charge in [-0.2, -0.15) is 0 Å². The lowest BCUT2D eigenvalue weighted by Crippen LogP contribution is -2.42. The number of rotatable bonds is 5. The highest BCUT2D eigenvalue weighted by Crippen LogP contribution is 2.23. The molecule has 0 N–H and O–H groups in total. The Balaban J connectivity index is 1.70. The van der Waals surface area contributed by atoms with E-state index >= 15 is 0 Å². The summed E-state index contributed by atoms with van der Waals surface area (Å²) in [6.07, 6.45) is 5.98. The maximum atomic E-state index is 12.7. The van der Waals surface area contributed by atoms with Crippen LogP contribution in [-0.2, 0) is 9.47 Å². The summed E-state index contributed by atoms with van der Waals surface area (Å²) < 4.78 is 17.0. The maximum Gasteiger partial charge on any atom is 0.258 e. The van der Waals surface area contributed by atoms with Crippen molar-refractivity contribution in [1.82, 2.24) is 4.90 Å². The molecule has 1 aromatic rings. The van der Waals surface area contributed by atoms with Crippen LogP contribution in [0.2, 0.25) is 0 Å². The minimum absolute atomic E-state index is 0.0263. The summed E-state index contributed by atoms with van der Waals surface area (Å²) >= 11 is 3.28. The molecule has 6 heteroatoms. The first-order valence-electron chi connectivity index (χ1n) is 7.49. The second-order valence-corrected chi connectivity index (χ2v) is 6.31. The molecule has 1 aromatic heterocycles. The van der Waals surface area contributed by atoms with Gasteiger partial charge < -0.3 is 18.8 Å². The number of ether oxygens (including phenoxy) is 2. The largest absolute Gasteiger partial charge is 0.457 e. The zero-order chi connectivity index (χ0) is 14.7. The number of halogens is 1. The zero-order valence-electron chi connectivity index (χ0n) is 11.9. The van der Waals surface area contributed by atoms with Gasteiger partial charge in [0, 0.05) is 26.3 Å². The molecule has 3 rings (SSSR count). The molecule has 5 nitrogen and oxygen atoms in total. The van der Waals surface area contributed by atoms with Gasteiger partial charge >= 0.3 is 0 Å². The van der Waals surface area contributed by atoms with E-state index in [4.69, 9.17) is 13.9 Å². The molecule has 0 aromatic carbocycles. The van der Waals surface area contributed by atoms with Crippen LogP contribution in [0.15, 0.2) is 21.4 Å². The summed E-state index contributed by atoms with van der Waals surface area (Å²) in [5.74, 6) is -0.0263. The van der Waals surface area contributed by atoms with Crippen LogP contribution in [0.1, 0.15) is 36.0 Å². The number of carbonyl (C=O) groups is 1. The Morgan fingerprint density at radius 3 is 2.24 bits per heavy atom. The fourth-order valence-electron chi connectivity index (χ4n) is 2.93. The Bertz CT molecular complexity index is 460. The molecule has 0 spiro atoms. The average molecular weight is 358 g/mol. The predicted octanol–water partition coefficient (Wildman–Crippen LogP) is 2.84. The van der Waals surface area contributed by atoms with Crippen LogP contribution in [0.5, 0.6) is 0 Å². The van der Waals surface area contributed by atoms with E-state index in [9.17, 15) is 4.79 Å². The second kappa shape index (κ2) is 6.94. The standard InChI is InChI=1S/C15H20BrNO4/c16-14-13(5-8-21-14)15(18)17(9-11-3-1-6-19-11)10-12-4-2-7-20-12/h5,8,11-12H,1-4,6-7,9-10H2. The van der Waals surface area contributed by atoms with Gasteiger partial charge in [0.1, 0.15) is 0 Å². The molecule has 21 heavy (non-hydrogen) atoms. The first-order chi connectivity index (χ1) is 10.2. The van der Waals surface area contributed by atoms with Crippen molar-refractivity contribution in [2.75, 3.05) is 26.3 Å². The van der Waals surface area contributed by atoms with E-state index in [0.717, 1.165) is 38.9 Å². The van der Waals surface area contributed by atoms with Crippen LogP contribution >= 0.6 is 15.9 Å². The lowest BCUT2D eigenvalue weighted by atomic mass is 10.1. The lowest BCUT2D eigenvalue weighted by Gasteiger charge is -2.27. The topological polar surface area (TPSA) is 51.9 Å². The summed E-state index contributed by atoms with van der Waals surface area (Å²) in [5, 5.41) is 0. The van der Waals surface area contributed by atoms with Crippen LogP contribution in [0.4, 0.5) is 0 Å². The monoisotopic (exact) mass is 357 g/mol. The van der Waals surface area contributed by atoms with Gasteiger partial charge in [0.05, 0.1) is 24.0 Å². The average Bonchev–Trinajstić information content (AvgIpc) is 3.19.